The number of aromatic nitrogens is 2. The summed E-state index contributed by atoms with van der Waals surface area (Å²) in [6.07, 6.45) is 1.79. The van der Waals surface area contributed by atoms with Gasteiger partial charge in [0.2, 0.25) is 5.91 Å². The first kappa shape index (κ1) is 22.2. The smallest absolute Gasteiger partial charge is 0.226 e. The molecule has 1 unspecified atom stereocenters. The van der Waals surface area contributed by atoms with Crippen molar-refractivity contribution in [2.75, 3.05) is 37.6 Å². The summed E-state index contributed by atoms with van der Waals surface area (Å²) in [5, 5.41) is 0. The maximum absolute atomic E-state index is 12.2. The minimum absolute atomic E-state index is 0. The molecule has 0 radical (unpaired) electrons. The lowest BCUT2D eigenvalue weighted by Crippen LogP contribution is -2.51. The van der Waals surface area contributed by atoms with Gasteiger partial charge in [0.15, 0.2) is 5.82 Å². The standard InChI is InChI=1S/C18H23N5O.2ClH/c1-14(13-19)18(24)23-11-9-22(10-12-23)16-7-8-20-17(21-16)15-5-3-2-4-6-15;;/h2-8,14H,9-13,19H2,1H3;2*1H. The number of carbonyl (C=O) groups is 1. The van der Waals surface area contributed by atoms with Gasteiger partial charge < -0.3 is 15.5 Å². The van der Waals surface area contributed by atoms with Gasteiger partial charge in [0.25, 0.3) is 0 Å². The third-order valence-corrected chi connectivity index (χ3v) is 4.36. The maximum Gasteiger partial charge on any atom is 0.226 e. The normalized spacial score (nSPS) is 14.8. The van der Waals surface area contributed by atoms with Crippen LogP contribution in [0.5, 0.6) is 0 Å². The number of rotatable bonds is 4. The highest BCUT2D eigenvalue weighted by atomic mass is 35.5. The van der Waals surface area contributed by atoms with Gasteiger partial charge in [-0.25, -0.2) is 9.97 Å². The monoisotopic (exact) mass is 397 g/mol. The SMILES string of the molecule is CC(CN)C(=O)N1CCN(c2ccnc(-c3ccccc3)n2)CC1.Cl.Cl. The second-order valence-corrected chi connectivity index (χ2v) is 6.05. The summed E-state index contributed by atoms with van der Waals surface area (Å²) in [6, 6.07) is 11.9. The molecule has 1 aliphatic heterocycles. The Balaban J connectivity index is 0.00000169. The van der Waals surface area contributed by atoms with Crippen LogP contribution >= 0.6 is 24.8 Å². The first-order chi connectivity index (χ1) is 11.7. The summed E-state index contributed by atoms with van der Waals surface area (Å²) in [5.74, 6) is 1.66. The summed E-state index contributed by atoms with van der Waals surface area (Å²) < 4.78 is 0. The van der Waals surface area contributed by atoms with Crippen LogP contribution in [-0.2, 0) is 4.79 Å². The van der Waals surface area contributed by atoms with E-state index < -0.39 is 0 Å². The summed E-state index contributed by atoms with van der Waals surface area (Å²) >= 11 is 0. The molecule has 0 saturated carbocycles. The van der Waals surface area contributed by atoms with Crippen LogP contribution in [0.1, 0.15) is 6.92 Å². The maximum atomic E-state index is 12.2. The average molecular weight is 398 g/mol. The van der Waals surface area contributed by atoms with Gasteiger partial charge in [0.05, 0.1) is 0 Å². The van der Waals surface area contributed by atoms with Crippen molar-refractivity contribution < 1.29 is 4.79 Å². The summed E-state index contributed by atoms with van der Waals surface area (Å²) in [5.41, 5.74) is 6.60. The van der Waals surface area contributed by atoms with Crippen molar-refractivity contribution in [1.82, 2.24) is 14.9 Å². The number of piperazine rings is 1. The Hall–Kier alpha value is -1.89. The zero-order valence-corrected chi connectivity index (χ0v) is 16.4. The Morgan fingerprint density at radius 3 is 2.38 bits per heavy atom. The second kappa shape index (κ2) is 10.3. The number of hydrogen-bond donors (Lipinski definition) is 1. The van der Waals surface area contributed by atoms with Crippen molar-refractivity contribution in [3.05, 3.63) is 42.6 Å². The highest BCUT2D eigenvalue weighted by Gasteiger charge is 2.24. The van der Waals surface area contributed by atoms with E-state index in [1.807, 2.05) is 48.2 Å². The van der Waals surface area contributed by atoms with E-state index in [0.717, 1.165) is 30.3 Å². The lowest BCUT2D eigenvalue weighted by Gasteiger charge is -2.36. The first-order valence-electron chi connectivity index (χ1n) is 8.31. The van der Waals surface area contributed by atoms with Gasteiger partial charge >= 0.3 is 0 Å². The van der Waals surface area contributed by atoms with Crippen molar-refractivity contribution in [1.29, 1.82) is 0 Å². The number of hydrogen-bond acceptors (Lipinski definition) is 5. The third kappa shape index (κ3) is 5.06. The number of amides is 1. The van der Waals surface area contributed by atoms with Crippen LogP contribution in [0.15, 0.2) is 42.6 Å². The molecule has 1 fully saturated rings. The number of halogens is 2. The van der Waals surface area contributed by atoms with Crippen LogP contribution in [-0.4, -0.2) is 53.5 Å². The number of anilines is 1. The molecule has 142 valence electrons. The second-order valence-electron chi connectivity index (χ2n) is 6.05. The Kier molecular flexibility index (Phi) is 8.78. The highest BCUT2D eigenvalue weighted by molar-refractivity contribution is 5.85. The van der Waals surface area contributed by atoms with Crippen molar-refractivity contribution in [3.8, 4) is 11.4 Å². The first-order valence-corrected chi connectivity index (χ1v) is 8.31. The Labute approximate surface area is 166 Å². The predicted octanol–water partition coefficient (Wildman–Crippen LogP) is 2.23. The molecule has 2 N–H and O–H groups in total. The summed E-state index contributed by atoms with van der Waals surface area (Å²) in [7, 11) is 0. The van der Waals surface area contributed by atoms with E-state index in [4.69, 9.17) is 5.73 Å². The van der Waals surface area contributed by atoms with Gasteiger partial charge in [-0.05, 0) is 6.07 Å². The van der Waals surface area contributed by atoms with Crippen LogP contribution in [0.4, 0.5) is 5.82 Å². The summed E-state index contributed by atoms with van der Waals surface area (Å²) in [6.45, 7) is 5.22. The number of carbonyl (C=O) groups excluding carboxylic acids is 1. The van der Waals surface area contributed by atoms with Gasteiger partial charge in [0.1, 0.15) is 5.82 Å². The quantitative estimate of drug-likeness (QED) is 0.855. The topological polar surface area (TPSA) is 75.4 Å². The largest absolute Gasteiger partial charge is 0.353 e. The predicted molar refractivity (Wildman–Crippen MR) is 109 cm³/mol. The molecule has 1 aromatic carbocycles. The van der Waals surface area contributed by atoms with Crippen molar-refractivity contribution >= 4 is 36.5 Å². The van der Waals surface area contributed by atoms with E-state index in [1.54, 1.807) is 6.20 Å². The highest BCUT2D eigenvalue weighted by Crippen LogP contribution is 2.19. The average Bonchev–Trinajstić information content (AvgIpc) is 2.67. The number of nitrogens with zero attached hydrogens (tertiary/aromatic N) is 4. The fraction of sp³-hybridized carbons (Fsp3) is 0.389. The van der Waals surface area contributed by atoms with Gasteiger partial charge in [-0.15, -0.1) is 24.8 Å². The zero-order chi connectivity index (χ0) is 16.9. The third-order valence-electron chi connectivity index (χ3n) is 4.36. The molecule has 1 aliphatic rings. The van der Waals surface area contributed by atoms with E-state index in [9.17, 15) is 4.79 Å². The van der Waals surface area contributed by atoms with Crippen LogP contribution in [0, 0.1) is 5.92 Å². The van der Waals surface area contributed by atoms with Crippen LogP contribution in [0.25, 0.3) is 11.4 Å². The van der Waals surface area contributed by atoms with Gasteiger partial charge in [-0.1, -0.05) is 37.3 Å². The lowest BCUT2D eigenvalue weighted by molar-refractivity contribution is -0.134. The summed E-state index contributed by atoms with van der Waals surface area (Å²) in [4.78, 5) is 25.4. The van der Waals surface area contributed by atoms with Crippen LogP contribution < -0.4 is 10.6 Å². The van der Waals surface area contributed by atoms with Gasteiger partial charge in [-0.2, -0.15) is 0 Å². The minimum Gasteiger partial charge on any atom is -0.353 e. The van der Waals surface area contributed by atoms with Crippen molar-refractivity contribution in [3.63, 3.8) is 0 Å². The van der Waals surface area contributed by atoms with Crippen LogP contribution in [0.2, 0.25) is 0 Å². The molecule has 1 amide bonds. The Bertz CT molecular complexity index is 693. The van der Waals surface area contributed by atoms with E-state index in [0.29, 0.717) is 19.6 Å². The molecule has 3 rings (SSSR count). The van der Waals surface area contributed by atoms with E-state index >= 15 is 0 Å². The fourth-order valence-electron chi connectivity index (χ4n) is 2.82. The molecular formula is C18H25Cl2N5O. The molecule has 8 heteroatoms. The van der Waals surface area contributed by atoms with Crippen molar-refractivity contribution in [2.24, 2.45) is 11.7 Å². The molecule has 0 spiro atoms. The number of benzene rings is 1. The Morgan fingerprint density at radius 2 is 1.77 bits per heavy atom. The molecule has 1 saturated heterocycles. The van der Waals surface area contributed by atoms with E-state index in [2.05, 4.69) is 14.9 Å². The lowest BCUT2D eigenvalue weighted by atomic mass is 10.1. The van der Waals surface area contributed by atoms with E-state index in [-0.39, 0.29) is 36.6 Å². The molecule has 0 bridgehead atoms. The van der Waals surface area contributed by atoms with Gasteiger partial charge in [0, 0.05) is 50.4 Å². The molecule has 1 atom stereocenters. The fourth-order valence-corrected chi connectivity index (χ4v) is 2.82. The zero-order valence-electron chi connectivity index (χ0n) is 14.7. The molecule has 2 heterocycles. The number of nitrogens with two attached hydrogens (primary N) is 1. The van der Waals surface area contributed by atoms with E-state index in [1.165, 1.54) is 0 Å². The van der Waals surface area contributed by atoms with Crippen LogP contribution in [0.3, 0.4) is 0 Å². The molecule has 6 nitrogen and oxygen atoms in total. The molecule has 1 aromatic heterocycles. The molecular weight excluding hydrogens is 373 g/mol. The minimum atomic E-state index is -0.111. The molecule has 2 aromatic rings. The molecule has 26 heavy (non-hydrogen) atoms. The Morgan fingerprint density at radius 1 is 1.12 bits per heavy atom. The van der Waals surface area contributed by atoms with Crippen molar-refractivity contribution in [2.45, 2.75) is 6.92 Å². The van der Waals surface area contributed by atoms with Gasteiger partial charge in [-0.3, -0.25) is 4.79 Å². The molecule has 0 aliphatic carbocycles.